The Kier molecular flexibility index (Phi) is 5.46. The summed E-state index contributed by atoms with van der Waals surface area (Å²) >= 11 is 0. The highest BCUT2D eigenvalue weighted by Crippen LogP contribution is 2.36. The number of ketones is 1. The summed E-state index contributed by atoms with van der Waals surface area (Å²) in [6.07, 6.45) is 1.63. The smallest absolute Gasteiger partial charge is 0.292 e. The first-order valence-electron chi connectivity index (χ1n) is 9.32. The maximum Gasteiger partial charge on any atom is 0.292 e. The summed E-state index contributed by atoms with van der Waals surface area (Å²) < 4.78 is 7.18. The SMILES string of the molecule is Cc1ccccc1C1(CNC(=O)C(=O)c2c(C)nn(C)c2C)CCOCC1. The lowest BCUT2D eigenvalue weighted by molar-refractivity contribution is -0.117. The molecule has 1 saturated heterocycles. The molecule has 0 aliphatic carbocycles. The number of ether oxygens (including phenoxy) is 1. The fourth-order valence-corrected chi connectivity index (χ4v) is 4.02. The van der Waals surface area contributed by atoms with Gasteiger partial charge in [0.15, 0.2) is 0 Å². The summed E-state index contributed by atoms with van der Waals surface area (Å²) in [5.41, 5.74) is 3.88. The first-order chi connectivity index (χ1) is 12.9. The van der Waals surface area contributed by atoms with Gasteiger partial charge in [0.2, 0.25) is 0 Å². The van der Waals surface area contributed by atoms with Crippen molar-refractivity contribution in [3.63, 3.8) is 0 Å². The molecule has 0 atom stereocenters. The molecule has 1 aromatic carbocycles. The average Bonchev–Trinajstić information content (AvgIpc) is 2.92. The molecule has 1 aromatic heterocycles. The van der Waals surface area contributed by atoms with Gasteiger partial charge in [0.25, 0.3) is 11.7 Å². The number of nitrogens with one attached hydrogen (secondary N) is 1. The number of benzene rings is 1. The Balaban J connectivity index is 1.81. The number of hydrogen-bond donors (Lipinski definition) is 1. The van der Waals surface area contributed by atoms with Gasteiger partial charge in [-0.05, 0) is 44.7 Å². The predicted octanol–water partition coefficient (Wildman–Crippen LogP) is 2.39. The van der Waals surface area contributed by atoms with Crippen LogP contribution >= 0.6 is 0 Å². The molecule has 0 unspecified atom stereocenters. The molecule has 144 valence electrons. The van der Waals surface area contributed by atoms with Crippen LogP contribution in [0, 0.1) is 20.8 Å². The zero-order valence-corrected chi connectivity index (χ0v) is 16.5. The van der Waals surface area contributed by atoms with Gasteiger partial charge in [-0.2, -0.15) is 5.10 Å². The molecule has 1 N–H and O–H groups in total. The van der Waals surface area contributed by atoms with Crippen molar-refractivity contribution in [2.45, 2.75) is 39.0 Å². The highest BCUT2D eigenvalue weighted by Gasteiger charge is 2.36. The summed E-state index contributed by atoms with van der Waals surface area (Å²) in [5.74, 6) is -1.10. The Morgan fingerprint density at radius 1 is 1.19 bits per heavy atom. The van der Waals surface area contributed by atoms with E-state index in [1.807, 2.05) is 12.1 Å². The van der Waals surface area contributed by atoms with Crippen molar-refractivity contribution in [1.82, 2.24) is 15.1 Å². The van der Waals surface area contributed by atoms with Gasteiger partial charge in [0.1, 0.15) is 0 Å². The Morgan fingerprint density at radius 3 is 2.44 bits per heavy atom. The molecule has 2 aromatic rings. The molecule has 0 spiro atoms. The van der Waals surface area contributed by atoms with Gasteiger partial charge < -0.3 is 10.1 Å². The molecule has 1 fully saturated rings. The maximum absolute atomic E-state index is 12.7. The van der Waals surface area contributed by atoms with E-state index >= 15 is 0 Å². The normalized spacial score (nSPS) is 16.1. The van der Waals surface area contributed by atoms with Crippen molar-refractivity contribution in [1.29, 1.82) is 0 Å². The number of hydrogen-bond acceptors (Lipinski definition) is 4. The van der Waals surface area contributed by atoms with Crippen LogP contribution in [0.4, 0.5) is 0 Å². The number of amides is 1. The quantitative estimate of drug-likeness (QED) is 0.649. The van der Waals surface area contributed by atoms with E-state index in [0.717, 1.165) is 12.8 Å². The number of Topliss-reactive ketones (excluding diaryl/α,β-unsaturated/α-hetero) is 1. The summed E-state index contributed by atoms with van der Waals surface area (Å²) in [4.78, 5) is 25.3. The van der Waals surface area contributed by atoms with E-state index in [1.54, 1.807) is 25.6 Å². The van der Waals surface area contributed by atoms with Gasteiger partial charge in [0, 0.05) is 37.9 Å². The topological polar surface area (TPSA) is 73.2 Å². The fraction of sp³-hybridized carbons (Fsp3) is 0.476. The zero-order chi connectivity index (χ0) is 19.6. The van der Waals surface area contributed by atoms with Gasteiger partial charge >= 0.3 is 0 Å². The third kappa shape index (κ3) is 3.67. The summed E-state index contributed by atoms with van der Waals surface area (Å²) in [5, 5.41) is 7.14. The van der Waals surface area contributed by atoms with E-state index in [-0.39, 0.29) is 5.41 Å². The number of aryl methyl sites for hydroxylation is 3. The fourth-order valence-electron chi connectivity index (χ4n) is 4.02. The van der Waals surface area contributed by atoms with Crippen LogP contribution < -0.4 is 5.32 Å². The number of nitrogens with zero attached hydrogens (tertiary/aromatic N) is 2. The van der Waals surface area contributed by atoms with Crippen LogP contribution in [0.15, 0.2) is 24.3 Å². The largest absolute Gasteiger partial charge is 0.381 e. The van der Waals surface area contributed by atoms with E-state index < -0.39 is 11.7 Å². The van der Waals surface area contributed by atoms with Crippen LogP contribution in [0.25, 0.3) is 0 Å². The summed E-state index contributed by atoms with van der Waals surface area (Å²) in [6.45, 7) is 7.36. The molecule has 6 nitrogen and oxygen atoms in total. The molecular formula is C21H27N3O3. The lowest BCUT2D eigenvalue weighted by atomic mass is 9.72. The van der Waals surface area contributed by atoms with Crippen molar-refractivity contribution in [2.75, 3.05) is 19.8 Å². The molecule has 0 bridgehead atoms. The van der Waals surface area contributed by atoms with Crippen molar-refractivity contribution >= 4 is 11.7 Å². The average molecular weight is 369 g/mol. The third-order valence-electron chi connectivity index (χ3n) is 5.70. The summed E-state index contributed by atoms with van der Waals surface area (Å²) in [6, 6.07) is 8.24. The van der Waals surface area contributed by atoms with E-state index in [1.165, 1.54) is 11.1 Å². The van der Waals surface area contributed by atoms with E-state index in [0.29, 0.717) is 36.7 Å². The van der Waals surface area contributed by atoms with Crippen LogP contribution in [0.5, 0.6) is 0 Å². The predicted molar refractivity (Wildman–Crippen MR) is 103 cm³/mol. The number of aromatic nitrogens is 2. The minimum atomic E-state index is -0.575. The molecule has 3 rings (SSSR count). The second-order valence-electron chi connectivity index (χ2n) is 7.39. The van der Waals surface area contributed by atoms with Gasteiger partial charge in [-0.3, -0.25) is 14.3 Å². The van der Waals surface area contributed by atoms with E-state index in [4.69, 9.17) is 4.74 Å². The number of carbonyl (C=O) groups excluding carboxylic acids is 2. The maximum atomic E-state index is 12.7. The molecule has 1 aliphatic rings. The van der Waals surface area contributed by atoms with Crippen molar-refractivity contribution in [3.05, 3.63) is 52.3 Å². The van der Waals surface area contributed by atoms with Crippen LogP contribution in [-0.4, -0.2) is 41.2 Å². The molecule has 0 saturated carbocycles. The molecule has 2 heterocycles. The standard InChI is InChI=1S/C21H27N3O3/c1-14-7-5-6-8-17(14)21(9-11-27-12-10-21)13-22-20(26)19(25)18-15(2)23-24(4)16(18)3/h5-8H,9-13H2,1-4H3,(H,22,26). The highest BCUT2D eigenvalue weighted by atomic mass is 16.5. The number of rotatable bonds is 5. The first kappa shape index (κ1) is 19.3. The molecular weight excluding hydrogens is 342 g/mol. The van der Waals surface area contributed by atoms with Crippen molar-refractivity contribution < 1.29 is 14.3 Å². The minimum absolute atomic E-state index is 0.210. The zero-order valence-electron chi connectivity index (χ0n) is 16.5. The van der Waals surface area contributed by atoms with Gasteiger partial charge in [-0.25, -0.2) is 0 Å². The second kappa shape index (κ2) is 7.64. The van der Waals surface area contributed by atoms with E-state index in [9.17, 15) is 9.59 Å². The lowest BCUT2D eigenvalue weighted by Crippen LogP contribution is -2.46. The van der Waals surface area contributed by atoms with E-state index in [2.05, 4.69) is 29.5 Å². The van der Waals surface area contributed by atoms with Gasteiger partial charge in [0.05, 0.1) is 11.3 Å². The molecule has 0 radical (unpaired) electrons. The molecule has 6 heteroatoms. The Morgan fingerprint density at radius 2 is 1.85 bits per heavy atom. The van der Waals surface area contributed by atoms with Gasteiger partial charge in [-0.15, -0.1) is 0 Å². The monoisotopic (exact) mass is 369 g/mol. The number of carbonyl (C=O) groups is 2. The first-order valence-corrected chi connectivity index (χ1v) is 9.32. The Bertz CT molecular complexity index is 864. The van der Waals surface area contributed by atoms with Crippen molar-refractivity contribution in [2.24, 2.45) is 7.05 Å². The second-order valence-corrected chi connectivity index (χ2v) is 7.39. The third-order valence-corrected chi connectivity index (χ3v) is 5.70. The van der Waals surface area contributed by atoms with Gasteiger partial charge in [-0.1, -0.05) is 24.3 Å². The minimum Gasteiger partial charge on any atom is -0.381 e. The lowest BCUT2D eigenvalue weighted by Gasteiger charge is -2.38. The highest BCUT2D eigenvalue weighted by molar-refractivity contribution is 6.43. The summed E-state index contributed by atoms with van der Waals surface area (Å²) in [7, 11) is 1.77. The Labute approximate surface area is 159 Å². The van der Waals surface area contributed by atoms with Crippen molar-refractivity contribution in [3.8, 4) is 0 Å². The van der Waals surface area contributed by atoms with Crippen LogP contribution in [0.1, 0.15) is 45.7 Å². The van der Waals surface area contributed by atoms with Crippen LogP contribution in [-0.2, 0) is 22.0 Å². The molecule has 27 heavy (non-hydrogen) atoms. The Hall–Kier alpha value is -2.47. The molecule has 1 amide bonds. The molecule has 1 aliphatic heterocycles. The van der Waals surface area contributed by atoms with Crippen LogP contribution in [0.2, 0.25) is 0 Å². The van der Waals surface area contributed by atoms with Crippen LogP contribution in [0.3, 0.4) is 0 Å².